The van der Waals surface area contributed by atoms with E-state index in [0.717, 1.165) is 0 Å². The van der Waals surface area contributed by atoms with Gasteiger partial charge in [0.2, 0.25) is 5.92 Å². The predicted molar refractivity (Wildman–Crippen MR) is 57.6 cm³/mol. The van der Waals surface area contributed by atoms with Crippen LogP contribution in [0.1, 0.15) is 52.9 Å². The number of hydrogen-bond acceptors (Lipinski definition) is 1. The second-order valence-corrected chi connectivity index (χ2v) is 6.18. The van der Waals surface area contributed by atoms with Crippen LogP contribution in [0, 0.1) is 10.8 Å². The molecule has 1 rings (SSSR count). The first-order valence-electron chi connectivity index (χ1n) is 5.68. The van der Waals surface area contributed by atoms with Crippen molar-refractivity contribution in [1.82, 2.24) is 0 Å². The van der Waals surface area contributed by atoms with Crippen molar-refractivity contribution in [1.29, 1.82) is 0 Å². The van der Waals surface area contributed by atoms with Crippen molar-refractivity contribution in [3.8, 4) is 0 Å². The zero-order valence-electron chi connectivity index (χ0n) is 10.1. The van der Waals surface area contributed by atoms with Gasteiger partial charge in [-0.05, 0) is 24.7 Å². The van der Waals surface area contributed by atoms with Gasteiger partial charge in [-0.3, -0.25) is 4.79 Å². The fraction of sp³-hybridized carbons (Fsp3) is 0.917. The summed E-state index contributed by atoms with van der Waals surface area (Å²) in [4.78, 5) is 11.3. The van der Waals surface area contributed by atoms with E-state index in [2.05, 4.69) is 0 Å². The summed E-state index contributed by atoms with van der Waals surface area (Å²) in [5.41, 5.74) is -1.09. The van der Waals surface area contributed by atoms with Gasteiger partial charge in [0, 0.05) is 12.8 Å². The Labute approximate surface area is 95.0 Å². The first kappa shape index (κ1) is 13.4. The first-order valence-corrected chi connectivity index (χ1v) is 5.68. The first-order chi connectivity index (χ1) is 7.06. The molecule has 0 aromatic carbocycles. The molecular formula is C12H20F2O2. The van der Waals surface area contributed by atoms with Crippen LogP contribution in [-0.4, -0.2) is 17.0 Å². The molecule has 0 spiro atoms. The van der Waals surface area contributed by atoms with Crippen molar-refractivity contribution in [3.05, 3.63) is 0 Å². The van der Waals surface area contributed by atoms with Crippen molar-refractivity contribution >= 4 is 5.97 Å². The van der Waals surface area contributed by atoms with Gasteiger partial charge in [-0.15, -0.1) is 0 Å². The SMILES string of the molecule is CC(C)(C)CC1(C(=O)O)CCC(F)(F)CC1. The molecule has 4 heteroatoms. The summed E-state index contributed by atoms with van der Waals surface area (Å²) < 4.78 is 26.1. The van der Waals surface area contributed by atoms with Crippen LogP contribution < -0.4 is 0 Å². The fourth-order valence-electron chi connectivity index (χ4n) is 2.58. The van der Waals surface area contributed by atoms with Crippen LogP contribution in [0.15, 0.2) is 0 Å². The lowest BCUT2D eigenvalue weighted by Crippen LogP contribution is -2.41. The molecule has 0 aromatic rings. The van der Waals surface area contributed by atoms with Crippen LogP contribution in [0.25, 0.3) is 0 Å². The Balaban J connectivity index is 2.81. The van der Waals surface area contributed by atoms with E-state index in [-0.39, 0.29) is 31.1 Å². The molecule has 0 aliphatic heterocycles. The molecule has 16 heavy (non-hydrogen) atoms. The van der Waals surface area contributed by atoms with Crippen LogP contribution >= 0.6 is 0 Å². The number of rotatable bonds is 2. The molecule has 0 heterocycles. The number of carboxylic acids is 1. The molecule has 0 bridgehead atoms. The number of alkyl halides is 2. The minimum absolute atomic E-state index is 0.0899. The monoisotopic (exact) mass is 234 g/mol. The van der Waals surface area contributed by atoms with E-state index in [1.807, 2.05) is 20.8 Å². The average molecular weight is 234 g/mol. The Morgan fingerprint density at radius 1 is 1.19 bits per heavy atom. The van der Waals surface area contributed by atoms with Gasteiger partial charge >= 0.3 is 5.97 Å². The lowest BCUT2D eigenvalue weighted by atomic mass is 9.65. The maximum atomic E-state index is 13.1. The highest BCUT2D eigenvalue weighted by atomic mass is 19.3. The van der Waals surface area contributed by atoms with E-state index in [1.54, 1.807) is 0 Å². The number of hydrogen-bond donors (Lipinski definition) is 1. The average Bonchev–Trinajstić information content (AvgIpc) is 2.06. The third kappa shape index (κ3) is 3.16. The van der Waals surface area contributed by atoms with Gasteiger partial charge in [-0.1, -0.05) is 20.8 Å². The Bertz CT molecular complexity index is 269. The second kappa shape index (κ2) is 3.97. The van der Waals surface area contributed by atoms with Gasteiger partial charge in [0.25, 0.3) is 0 Å². The standard InChI is InChI=1S/C12H20F2O2/c1-10(2,3)8-11(9(15)16)4-6-12(13,14)7-5-11/h4-8H2,1-3H3,(H,15,16). The smallest absolute Gasteiger partial charge is 0.309 e. The van der Waals surface area contributed by atoms with Crippen molar-refractivity contribution in [3.63, 3.8) is 0 Å². The number of carboxylic acid groups (broad SMARTS) is 1. The lowest BCUT2D eigenvalue weighted by molar-refractivity contribution is -0.159. The highest BCUT2D eigenvalue weighted by molar-refractivity contribution is 5.74. The molecule has 0 aromatic heterocycles. The molecule has 1 N–H and O–H groups in total. The topological polar surface area (TPSA) is 37.3 Å². The molecular weight excluding hydrogens is 214 g/mol. The molecule has 2 nitrogen and oxygen atoms in total. The summed E-state index contributed by atoms with van der Waals surface area (Å²) >= 11 is 0. The molecule has 94 valence electrons. The maximum absolute atomic E-state index is 13.1. The highest BCUT2D eigenvalue weighted by Crippen LogP contribution is 2.49. The van der Waals surface area contributed by atoms with E-state index >= 15 is 0 Å². The summed E-state index contributed by atoms with van der Waals surface area (Å²) in [6, 6.07) is 0. The molecule has 0 radical (unpaired) electrons. The van der Waals surface area contributed by atoms with Crippen molar-refractivity contribution in [2.45, 2.75) is 58.8 Å². The summed E-state index contributed by atoms with van der Waals surface area (Å²) in [6.07, 6.45) is 0.0510. The largest absolute Gasteiger partial charge is 0.481 e. The number of aliphatic carboxylic acids is 1. The zero-order valence-corrected chi connectivity index (χ0v) is 10.1. The Morgan fingerprint density at radius 2 is 1.62 bits per heavy atom. The number of carbonyl (C=O) groups is 1. The molecule has 0 atom stereocenters. The summed E-state index contributed by atoms with van der Waals surface area (Å²) in [5, 5.41) is 9.28. The maximum Gasteiger partial charge on any atom is 0.309 e. The molecule has 1 aliphatic carbocycles. The third-order valence-corrected chi connectivity index (χ3v) is 3.26. The lowest BCUT2D eigenvalue weighted by Gasteiger charge is -2.40. The van der Waals surface area contributed by atoms with Crippen LogP contribution in [0.3, 0.4) is 0 Å². The second-order valence-electron chi connectivity index (χ2n) is 6.18. The van der Waals surface area contributed by atoms with Crippen molar-refractivity contribution in [2.24, 2.45) is 10.8 Å². The van der Waals surface area contributed by atoms with Gasteiger partial charge < -0.3 is 5.11 Å². The predicted octanol–water partition coefficient (Wildman–Crippen LogP) is 3.70. The third-order valence-electron chi connectivity index (χ3n) is 3.26. The molecule has 1 fully saturated rings. The van der Waals surface area contributed by atoms with Crippen LogP contribution in [0.5, 0.6) is 0 Å². The molecule has 1 aliphatic rings. The van der Waals surface area contributed by atoms with Crippen molar-refractivity contribution < 1.29 is 18.7 Å². The Kier molecular flexibility index (Phi) is 3.32. The summed E-state index contributed by atoms with van der Waals surface area (Å²) in [7, 11) is 0. The van der Waals surface area contributed by atoms with Crippen molar-refractivity contribution in [2.75, 3.05) is 0 Å². The molecule has 0 saturated heterocycles. The van der Waals surface area contributed by atoms with Crippen LogP contribution in [0.4, 0.5) is 8.78 Å². The summed E-state index contributed by atoms with van der Waals surface area (Å²) in [5.74, 6) is -3.59. The Morgan fingerprint density at radius 3 is 1.94 bits per heavy atom. The zero-order chi connectivity index (χ0) is 12.6. The van der Waals surface area contributed by atoms with Gasteiger partial charge in [-0.2, -0.15) is 0 Å². The molecule has 0 unspecified atom stereocenters. The summed E-state index contributed by atoms with van der Waals surface area (Å²) in [6.45, 7) is 5.85. The van der Waals surface area contributed by atoms with Gasteiger partial charge in [-0.25, -0.2) is 8.78 Å². The van der Waals surface area contributed by atoms with Gasteiger partial charge in [0.15, 0.2) is 0 Å². The van der Waals surface area contributed by atoms with Gasteiger partial charge in [0.1, 0.15) is 0 Å². The quantitative estimate of drug-likeness (QED) is 0.791. The van der Waals surface area contributed by atoms with Crippen LogP contribution in [0.2, 0.25) is 0 Å². The van der Waals surface area contributed by atoms with E-state index in [1.165, 1.54) is 0 Å². The highest BCUT2D eigenvalue weighted by Gasteiger charge is 2.49. The number of halogens is 2. The van der Waals surface area contributed by atoms with E-state index < -0.39 is 17.3 Å². The minimum atomic E-state index is -2.67. The van der Waals surface area contributed by atoms with E-state index in [4.69, 9.17) is 0 Å². The van der Waals surface area contributed by atoms with Crippen LogP contribution in [-0.2, 0) is 4.79 Å². The van der Waals surface area contributed by atoms with Gasteiger partial charge in [0.05, 0.1) is 5.41 Å². The van der Waals surface area contributed by atoms with E-state index in [0.29, 0.717) is 6.42 Å². The van der Waals surface area contributed by atoms with E-state index in [9.17, 15) is 18.7 Å². The fourth-order valence-corrected chi connectivity index (χ4v) is 2.58. The molecule has 1 saturated carbocycles. The Hall–Kier alpha value is -0.670. The normalized spacial score (nSPS) is 24.1. The minimum Gasteiger partial charge on any atom is -0.481 e. The molecule has 0 amide bonds.